The van der Waals surface area contributed by atoms with Gasteiger partial charge in [-0.3, -0.25) is 0 Å². The average molecular weight is 305 g/mol. The van der Waals surface area contributed by atoms with E-state index in [1.807, 2.05) is 25.2 Å². The molecular formula is C21H23NO. The standard InChI is InChI=1S/C21H23NO/c1-22-14-21(13-18-8-4-5-9-20(18)15-23)19-11-10-16-6-2-3-7-17(16)12-19/h2-12,21-23H,13-15H2,1H3/t21-/m1/s1. The molecule has 3 aromatic carbocycles. The summed E-state index contributed by atoms with van der Waals surface area (Å²) < 4.78 is 0. The lowest BCUT2D eigenvalue weighted by molar-refractivity contribution is 0.280. The van der Waals surface area contributed by atoms with E-state index < -0.39 is 0 Å². The minimum absolute atomic E-state index is 0.0974. The molecule has 2 nitrogen and oxygen atoms in total. The first kappa shape index (κ1) is 15.7. The summed E-state index contributed by atoms with van der Waals surface area (Å²) in [5.74, 6) is 0.386. The van der Waals surface area contributed by atoms with Gasteiger partial charge in [-0.1, -0.05) is 66.7 Å². The topological polar surface area (TPSA) is 32.3 Å². The lowest BCUT2D eigenvalue weighted by Gasteiger charge is -2.19. The third kappa shape index (κ3) is 3.61. The van der Waals surface area contributed by atoms with E-state index in [4.69, 9.17) is 0 Å². The molecule has 0 aliphatic carbocycles. The normalized spacial score (nSPS) is 12.4. The first-order valence-electron chi connectivity index (χ1n) is 8.12. The van der Waals surface area contributed by atoms with Crippen molar-refractivity contribution in [1.29, 1.82) is 0 Å². The smallest absolute Gasteiger partial charge is 0.0684 e. The summed E-state index contributed by atoms with van der Waals surface area (Å²) in [6.07, 6.45) is 0.927. The zero-order chi connectivity index (χ0) is 16.1. The Morgan fingerprint density at radius 1 is 0.870 bits per heavy atom. The van der Waals surface area contributed by atoms with Gasteiger partial charge in [0.15, 0.2) is 0 Å². The second-order valence-corrected chi connectivity index (χ2v) is 5.99. The average Bonchev–Trinajstić information content (AvgIpc) is 2.61. The summed E-state index contributed by atoms with van der Waals surface area (Å²) in [7, 11) is 1.99. The summed E-state index contributed by atoms with van der Waals surface area (Å²) in [5, 5.41) is 15.4. The van der Waals surface area contributed by atoms with Gasteiger partial charge in [-0.2, -0.15) is 0 Å². The Morgan fingerprint density at radius 3 is 2.30 bits per heavy atom. The van der Waals surface area contributed by atoms with Crippen LogP contribution in [0.4, 0.5) is 0 Å². The van der Waals surface area contributed by atoms with Crippen molar-refractivity contribution in [2.24, 2.45) is 0 Å². The second kappa shape index (κ2) is 7.40. The van der Waals surface area contributed by atoms with Crippen LogP contribution in [0.25, 0.3) is 10.8 Å². The van der Waals surface area contributed by atoms with Crippen LogP contribution in [0.5, 0.6) is 0 Å². The quantitative estimate of drug-likeness (QED) is 0.724. The van der Waals surface area contributed by atoms with E-state index in [2.05, 4.69) is 53.8 Å². The molecule has 0 fully saturated rings. The summed E-state index contributed by atoms with van der Waals surface area (Å²) in [4.78, 5) is 0. The molecule has 0 bridgehead atoms. The molecule has 23 heavy (non-hydrogen) atoms. The molecule has 0 spiro atoms. The largest absolute Gasteiger partial charge is 0.392 e. The van der Waals surface area contributed by atoms with Gasteiger partial charge in [0.25, 0.3) is 0 Å². The molecule has 0 aliphatic heterocycles. The number of fused-ring (bicyclic) bond motifs is 1. The molecule has 0 amide bonds. The molecule has 2 N–H and O–H groups in total. The number of nitrogens with one attached hydrogen (secondary N) is 1. The Labute approximate surface area is 137 Å². The molecule has 0 aromatic heterocycles. The summed E-state index contributed by atoms with van der Waals surface area (Å²) in [5.41, 5.74) is 3.59. The Balaban J connectivity index is 1.93. The Kier molecular flexibility index (Phi) is 5.06. The summed E-state index contributed by atoms with van der Waals surface area (Å²) >= 11 is 0. The molecule has 118 valence electrons. The van der Waals surface area contributed by atoms with E-state index in [9.17, 15) is 5.11 Å². The Bertz CT molecular complexity index is 781. The van der Waals surface area contributed by atoms with Gasteiger partial charge in [-0.15, -0.1) is 0 Å². The SMILES string of the molecule is CNC[C@@H](Cc1ccccc1CO)c1ccc2ccccc2c1. The van der Waals surface area contributed by atoms with E-state index in [-0.39, 0.29) is 6.61 Å². The van der Waals surface area contributed by atoms with Gasteiger partial charge in [-0.25, -0.2) is 0 Å². The Hall–Kier alpha value is -2.16. The minimum Gasteiger partial charge on any atom is -0.392 e. The van der Waals surface area contributed by atoms with Crippen molar-refractivity contribution in [3.05, 3.63) is 83.4 Å². The molecule has 3 rings (SSSR count). The number of rotatable bonds is 6. The van der Waals surface area contributed by atoms with Gasteiger partial charge in [0, 0.05) is 12.5 Å². The fourth-order valence-electron chi connectivity index (χ4n) is 3.19. The monoisotopic (exact) mass is 305 g/mol. The van der Waals surface area contributed by atoms with Crippen LogP contribution in [0.1, 0.15) is 22.6 Å². The van der Waals surface area contributed by atoms with Crippen molar-refractivity contribution in [2.75, 3.05) is 13.6 Å². The molecule has 3 aromatic rings. The van der Waals surface area contributed by atoms with Crippen LogP contribution in [0.15, 0.2) is 66.7 Å². The van der Waals surface area contributed by atoms with Crippen LogP contribution in [-0.2, 0) is 13.0 Å². The third-order valence-corrected chi connectivity index (χ3v) is 4.45. The molecule has 0 aliphatic rings. The number of aliphatic hydroxyl groups is 1. The maximum atomic E-state index is 9.56. The molecule has 0 unspecified atom stereocenters. The fraction of sp³-hybridized carbons (Fsp3) is 0.238. The van der Waals surface area contributed by atoms with Crippen LogP contribution in [0.3, 0.4) is 0 Å². The lowest BCUT2D eigenvalue weighted by atomic mass is 9.89. The molecule has 0 heterocycles. The zero-order valence-corrected chi connectivity index (χ0v) is 13.5. The molecule has 0 saturated heterocycles. The van der Waals surface area contributed by atoms with Gasteiger partial charge in [0.1, 0.15) is 0 Å². The van der Waals surface area contributed by atoms with Crippen LogP contribution in [-0.4, -0.2) is 18.7 Å². The Morgan fingerprint density at radius 2 is 1.57 bits per heavy atom. The van der Waals surface area contributed by atoms with E-state index >= 15 is 0 Å². The maximum Gasteiger partial charge on any atom is 0.0684 e. The minimum atomic E-state index is 0.0974. The van der Waals surface area contributed by atoms with Gasteiger partial charge < -0.3 is 10.4 Å². The highest BCUT2D eigenvalue weighted by atomic mass is 16.3. The van der Waals surface area contributed by atoms with Crippen LogP contribution >= 0.6 is 0 Å². The van der Waals surface area contributed by atoms with Crippen LogP contribution in [0, 0.1) is 0 Å². The molecule has 2 heteroatoms. The molecule has 1 atom stereocenters. The van der Waals surface area contributed by atoms with Crippen LogP contribution < -0.4 is 5.32 Å². The van der Waals surface area contributed by atoms with Gasteiger partial charge >= 0.3 is 0 Å². The predicted molar refractivity (Wildman–Crippen MR) is 96.7 cm³/mol. The summed E-state index contributed by atoms with van der Waals surface area (Å²) in [6.45, 7) is 1.01. The van der Waals surface area contributed by atoms with Crippen molar-refractivity contribution < 1.29 is 5.11 Å². The lowest BCUT2D eigenvalue weighted by Crippen LogP contribution is -2.19. The number of benzene rings is 3. The zero-order valence-electron chi connectivity index (χ0n) is 13.5. The highest BCUT2D eigenvalue weighted by Gasteiger charge is 2.14. The predicted octanol–water partition coefficient (Wildman–Crippen LogP) is 3.88. The number of hydrogen-bond acceptors (Lipinski definition) is 2. The molecular weight excluding hydrogens is 282 g/mol. The number of likely N-dealkylation sites (N-methyl/N-ethyl adjacent to an activating group) is 1. The first-order valence-corrected chi connectivity index (χ1v) is 8.12. The van der Waals surface area contributed by atoms with E-state index in [0.717, 1.165) is 18.5 Å². The third-order valence-electron chi connectivity index (χ3n) is 4.45. The van der Waals surface area contributed by atoms with Crippen molar-refractivity contribution >= 4 is 10.8 Å². The van der Waals surface area contributed by atoms with Crippen molar-refractivity contribution in [1.82, 2.24) is 5.32 Å². The molecule has 0 radical (unpaired) electrons. The van der Waals surface area contributed by atoms with Crippen molar-refractivity contribution in [3.63, 3.8) is 0 Å². The summed E-state index contributed by atoms with van der Waals surface area (Å²) in [6, 6.07) is 23.3. The van der Waals surface area contributed by atoms with E-state index in [0.29, 0.717) is 5.92 Å². The first-order chi connectivity index (χ1) is 11.3. The highest BCUT2D eigenvalue weighted by Crippen LogP contribution is 2.26. The van der Waals surface area contributed by atoms with Crippen molar-refractivity contribution in [2.45, 2.75) is 18.9 Å². The highest BCUT2D eigenvalue weighted by molar-refractivity contribution is 5.83. The van der Waals surface area contributed by atoms with Crippen molar-refractivity contribution in [3.8, 4) is 0 Å². The second-order valence-electron chi connectivity index (χ2n) is 5.99. The fourth-order valence-corrected chi connectivity index (χ4v) is 3.19. The van der Waals surface area contributed by atoms with Gasteiger partial charge in [0.05, 0.1) is 6.61 Å². The van der Waals surface area contributed by atoms with E-state index in [1.165, 1.54) is 21.9 Å². The van der Waals surface area contributed by atoms with Gasteiger partial charge in [-0.05, 0) is 40.9 Å². The van der Waals surface area contributed by atoms with E-state index in [1.54, 1.807) is 0 Å². The number of hydrogen-bond donors (Lipinski definition) is 2. The van der Waals surface area contributed by atoms with Crippen LogP contribution in [0.2, 0.25) is 0 Å². The van der Waals surface area contributed by atoms with Gasteiger partial charge in [0.2, 0.25) is 0 Å². The maximum absolute atomic E-state index is 9.56. The number of aliphatic hydroxyl groups excluding tert-OH is 1. The molecule has 0 saturated carbocycles.